The van der Waals surface area contributed by atoms with Crippen LogP contribution in [0, 0.1) is 0 Å². The van der Waals surface area contributed by atoms with Crippen molar-refractivity contribution >= 4 is 61.5 Å². The number of furan rings is 1. The normalized spacial score (nSPS) is 15.1. The van der Waals surface area contributed by atoms with Crippen molar-refractivity contribution in [1.29, 1.82) is 0 Å². The molecule has 2 heterocycles. The van der Waals surface area contributed by atoms with Crippen LogP contribution in [0.15, 0.2) is 214 Å². The second-order valence-electron chi connectivity index (χ2n) is 14.8. The molecule has 1 atom stereocenters. The van der Waals surface area contributed by atoms with Gasteiger partial charge in [0.1, 0.15) is 11.2 Å². The Labute approximate surface area is 329 Å². The molecule has 0 radical (unpaired) electrons. The Bertz CT molecular complexity index is 3180. The Hall–Kier alpha value is -6.81. The zero-order valence-electron chi connectivity index (χ0n) is 30.3. The van der Waals surface area contributed by atoms with Gasteiger partial charge in [-0.15, -0.1) is 0 Å². The number of benzene rings is 9. The fourth-order valence-electron chi connectivity index (χ4n) is 9.67. The van der Waals surface area contributed by atoms with E-state index in [1.54, 1.807) is 0 Å². The molecular weight excluding hydrogens is 699 g/mol. The molecule has 3 heteroatoms. The minimum atomic E-state index is -0.565. The molecule has 0 N–H and O–H groups in total. The molecule has 2 aliphatic rings. The van der Waals surface area contributed by atoms with Crippen molar-refractivity contribution in [3.63, 3.8) is 0 Å². The van der Waals surface area contributed by atoms with Gasteiger partial charge in [-0.2, -0.15) is 0 Å². The highest BCUT2D eigenvalue weighted by Crippen LogP contribution is 2.65. The molecule has 1 aromatic heterocycles. The Balaban J connectivity index is 1.13. The van der Waals surface area contributed by atoms with Crippen LogP contribution in [-0.2, 0) is 5.41 Å². The molecule has 0 fully saturated rings. The molecule has 0 amide bonds. The second-order valence-corrected chi connectivity index (χ2v) is 15.8. The first-order valence-electron chi connectivity index (χ1n) is 19.2. The fourth-order valence-corrected chi connectivity index (χ4v) is 10.9. The van der Waals surface area contributed by atoms with Gasteiger partial charge in [0.25, 0.3) is 0 Å². The van der Waals surface area contributed by atoms with Gasteiger partial charge in [0.05, 0.1) is 11.1 Å². The lowest BCUT2D eigenvalue weighted by molar-refractivity contribution is 0.670. The lowest BCUT2D eigenvalue weighted by Gasteiger charge is -2.42. The van der Waals surface area contributed by atoms with E-state index in [2.05, 4.69) is 193 Å². The van der Waals surface area contributed by atoms with E-state index in [0.29, 0.717) is 0 Å². The van der Waals surface area contributed by atoms with Gasteiger partial charge in [-0.1, -0.05) is 163 Å². The number of hydrogen-bond acceptors (Lipinski definition) is 3. The quantitative estimate of drug-likeness (QED) is 0.179. The van der Waals surface area contributed by atoms with E-state index in [9.17, 15) is 0 Å². The van der Waals surface area contributed by atoms with E-state index in [4.69, 9.17) is 4.42 Å². The highest BCUT2D eigenvalue weighted by atomic mass is 32.2. The third kappa shape index (κ3) is 4.35. The third-order valence-corrected chi connectivity index (χ3v) is 13.0. The van der Waals surface area contributed by atoms with Gasteiger partial charge in [0, 0.05) is 43.1 Å². The average molecular weight is 732 g/mol. The second kappa shape index (κ2) is 12.1. The molecule has 0 saturated heterocycles. The Morgan fingerprint density at radius 2 is 1.07 bits per heavy atom. The predicted molar refractivity (Wildman–Crippen MR) is 233 cm³/mol. The summed E-state index contributed by atoms with van der Waals surface area (Å²) < 4.78 is 6.47. The van der Waals surface area contributed by atoms with E-state index in [1.165, 1.54) is 53.9 Å². The molecule has 10 aromatic rings. The van der Waals surface area contributed by atoms with Crippen molar-refractivity contribution < 1.29 is 4.42 Å². The first kappa shape index (κ1) is 31.5. The number of nitrogens with zero attached hydrogens (tertiary/aromatic N) is 1. The summed E-state index contributed by atoms with van der Waals surface area (Å²) in [6, 6.07) is 73.3. The van der Waals surface area contributed by atoms with Crippen LogP contribution in [0.3, 0.4) is 0 Å². The van der Waals surface area contributed by atoms with E-state index < -0.39 is 5.41 Å². The highest BCUT2D eigenvalue weighted by molar-refractivity contribution is 7.99. The molecular formula is C53H33NOS. The van der Waals surface area contributed by atoms with Crippen LogP contribution in [0.25, 0.3) is 55.0 Å². The molecule has 1 aliphatic heterocycles. The minimum absolute atomic E-state index is 0.565. The summed E-state index contributed by atoms with van der Waals surface area (Å²) in [6.45, 7) is 0. The first-order chi connectivity index (χ1) is 27.8. The van der Waals surface area contributed by atoms with Crippen molar-refractivity contribution in [2.45, 2.75) is 15.2 Å². The van der Waals surface area contributed by atoms with Gasteiger partial charge >= 0.3 is 0 Å². The summed E-state index contributed by atoms with van der Waals surface area (Å²) in [7, 11) is 0. The number of rotatable bonds is 4. The smallest absolute Gasteiger partial charge is 0.143 e. The van der Waals surface area contributed by atoms with Crippen molar-refractivity contribution in [1.82, 2.24) is 0 Å². The molecule has 56 heavy (non-hydrogen) atoms. The zero-order valence-corrected chi connectivity index (χ0v) is 31.1. The standard InChI is InChI=1S/C53H33NOS/c1-2-15-36(16-3-1)54(37-31-28-35(29-32-37)39-20-12-22-43-41-19-7-10-26-47(41)55-52(39)43)46-25-13-21-42-40-18-6-8-23-44(40)53(50(42)46)45-24-9-11-27-48(45)56-49-33-30-34-14-4-5-17-38(34)51(49)53/h1-33H. The summed E-state index contributed by atoms with van der Waals surface area (Å²) in [6.07, 6.45) is 0. The topological polar surface area (TPSA) is 16.4 Å². The average Bonchev–Trinajstić information content (AvgIpc) is 3.79. The van der Waals surface area contributed by atoms with Crippen LogP contribution >= 0.6 is 11.8 Å². The molecule has 262 valence electrons. The summed E-state index contributed by atoms with van der Waals surface area (Å²) in [4.78, 5) is 5.06. The molecule has 0 bridgehead atoms. The lowest BCUT2D eigenvalue weighted by Crippen LogP contribution is -2.33. The molecule has 2 nitrogen and oxygen atoms in total. The van der Waals surface area contributed by atoms with Crippen molar-refractivity contribution in [2.24, 2.45) is 0 Å². The molecule has 9 aromatic carbocycles. The number of para-hydroxylation sites is 3. The maximum absolute atomic E-state index is 6.47. The Morgan fingerprint density at radius 1 is 0.411 bits per heavy atom. The van der Waals surface area contributed by atoms with Gasteiger partial charge in [-0.25, -0.2) is 0 Å². The maximum atomic E-state index is 6.47. The van der Waals surface area contributed by atoms with Crippen LogP contribution in [0.4, 0.5) is 17.1 Å². The molecule has 1 aliphatic carbocycles. The fraction of sp³-hybridized carbons (Fsp3) is 0.0189. The van der Waals surface area contributed by atoms with Crippen LogP contribution < -0.4 is 4.90 Å². The predicted octanol–water partition coefficient (Wildman–Crippen LogP) is 14.7. The van der Waals surface area contributed by atoms with Gasteiger partial charge in [0.15, 0.2) is 0 Å². The van der Waals surface area contributed by atoms with Crippen LogP contribution in [0.5, 0.6) is 0 Å². The number of anilines is 3. The summed E-state index contributed by atoms with van der Waals surface area (Å²) in [5, 5.41) is 4.82. The lowest BCUT2D eigenvalue weighted by atomic mass is 9.65. The van der Waals surface area contributed by atoms with Gasteiger partial charge < -0.3 is 9.32 Å². The Kier molecular flexibility index (Phi) is 6.81. The third-order valence-electron chi connectivity index (χ3n) is 11.9. The van der Waals surface area contributed by atoms with E-state index in [-0.39, 0.29) is 0 Å². The number of fused-ring (bicyclic) bond motifs is 14. The first-order valence-corrected chi connectivity index (χ1v) is 20.0. The van der Waals surface area contributed by atoms with Crippen LogP contribution in [-0.4, -0.2) is 0 Å². The SMILES string of the molecule is c1ccc(N(c2ccc(-c3cccc4c3oc3ccccc34)cc2)c2cccc3c2C2(c4ccccc4Sc4ccc5ccccc5c42)c2ccccc2-3)cc1. The van der Waals surface area contributed by atoms with Crippen molar-refractivity contribution in [2.75, 3.05) is 4.90 Å². The van der Waals surface area contributed by atoms with Gasteiger partial charge in [-0.3, -0.25) is 0 Å². The summed E-state index contributed by atoms with van der Waals surface area (Å²) in [5.41, 5.74) is 14.7. The highest BCUT2D eigenvalue weighted by Gasteiger charge is 2.52. The molecule has 1 spiro atoms. The van der Waals surface area contributed by atoms with Gasteiger partial charge in [-0.05, 0) is 92.7 Å². The summed E-state index contributed by atoms with van der Waals surface area (Å²) >= 11 is 1.89. The van der Waals surface area contributed by atoms with Crippen molar-refractivity contribution in [3.05, 3.63) is 222 Å². The molecule has 1 unspecified atom stereocenters. The van der Waals surface area contributed by atoms with Gasteiger partial charge in [0.2, 0.25) is 0 Å². The van der Waals surface area contributed by atoms with Crippen LogP contribution in [0.1, 0.15) is 22.3 Å². The Morgan fingerprint density at radius 3 is 1.96 bits per heavy atom. The van der Waals surface area contributed by atoms with E-state index >= 15 is 0 Å². The van der Waals surface area contributed by atoms with E-state index in [1.807, 2.05) is 23.9 Å². The van der Waals surface area contributed by atoms with Crippen molar-refractivity contribution in [3.8, 4) is 22.3 Å². The molecule has 0 saturated carbocycles. The number of hydrogen-bond donors (Lipinski definition) is 0. The maximum Gasteiger partial charge on any atom is 0.143 e. The van der Waals surface area contributed by atoms with E-state index in [0.717, 1.165) is 50.1 Å². The summed E-state index contributed by atoms with van der Waals surface area (Å²) in [5.74, 6) is 0. The molecule has 12 rings (SSSR count). The monoisotopic (exact) mass is 731 g/mol. The minimum Gasteiger partial charge on any atom is -0.455 e. The zero-order chi connectivity index (χ0) is 36.8. The largest absolute Gasteiger partial charge is 0.455 e. The van der Waals surface area contributed by atoms with Crippen LogP contribution in [0.2, 0.25) is 0 Å².